The van der Waals surface area contributed by atoms with E-state index in [1.165, 1.54) is 7.11 Å². The summed E-state index contributed by atoms with van der Waals surface area (Å²) in [5.41, 5.74) is 2.59. The predicted molar refractivity (Wildman–Crippen MR) is 88.4 cm³/mol. The van der Waals surface area contributed by atoms with Gasteiger partial charge in [0.05, 0.1) is 12.7 Å². The summed E-state index contributed by atoms with van der Waals surface area (Å²) in [7, 11) is 3.06. The monoisotopic (exact) mass is 307 g/mol. The first kappa shape index (κ1) is 15.2. The Morgan fingerprint density at radius 2 is 1.78 bits per heavy atom. The fraction of sp³-hybridized carbons (Fsp3) is 0.158. The Hall–Kier alpha value is -2.72. The Morgan fingerprint density at radius 1 is 1.00 bits per heavy atom. The molecule has 1 unspecified atom stereocenters. The van der Waals surface area contributed by atoms with Crippen molar-refractivity contribution >= 4 is 16.7 Å². The number of ether oxygens (including phenoxy) is 2. The molecule has 2 aromatic carbocycles. The molecule has 0 N–H and O–H groups in total. The van der Waals surface area contributed by atoms with Crippen LogP contribution in [0.2, 0.25) is 0 Å². The molecule has 4 heteroatoms. The van der Waals surface area contributed by atoms with Crippen LogP contribution in [-0.2, 0) is 9.47 Å². The summed E-state index contributed by atoms with van der Waals surface area (Å²) in [6.07, 6.45) is 3.37. The highest BCUT2D eigenvalue weighted by atomic mass is 16.5. The first-order valence-corrected chi connectivity index (χ1v) is 7.27. The molecular weight excluding hydrogens is 290 g/mol. The minimum absolute atomic E-state index is 0.173. The van der Waals surface area contributed by atoms with E-state index < -0.39 is 0 Å². The van der Waals surface area contributed by atoms with Gasteiger partial charge in [0.25, 0.3) is 0 Å². The first-order chi connectivity index (χ1) is 11.2. The van der Waals surface area contributed by atoms with Crippen molar-refractivity contribution in [3.8, 4) is 0 Å². The number of aromatic nitrogens is 1. The van der Waals surface area contributed by atoms with Gasteiger partial charge in [0.2, 0.25) is 0 Å². The highest BCUT2D eigenvalue weighted by Gasteiger charge is 2.14. The topological polar surface area (TPSA) is 48.4 Å². The predicted octanol–water partition coefficient (Wildman–Crippen LogP) is 3.76. The summed E-state index contributed by atoms with van der Waals surface area (Å²) >= 11 is 0. The second-order valence-corrected chi connectivity index (χ2v) is 5.22. The molecule has 0 fully saturated rings. The van der Waals surface area contributed by atoms with Gasteiger partial charge in [0.15, 0.2) is 0 Å². The molecule has 1 heterocycles. The van der Waals surface area contributed by atoms with E-state index in [2.05, 4.69) is 11.1 Å². The maximum atomic E-state index is 11.6. The number of esters is 1. The van der Waals surface area contributed by atoms with E-state index in [1.807, 2.05) is 36.4 Å². The molecule has 116 valence electrons. The number of hydrogen-bond acceptors (Lipinski definition) is 4. The number of pyridine rings is 1. The SMILES string of the molecule is COC(=O)c1ccc2cc(C(OC)c3cccnc3)ccc2c1. The van der Waals surface area contributed by atoms with Crippen molar-refractivity contribution in [2.45, 2.75) is 6.10 Å². The molecule has 0 spiro atoms. The summed E-state index contributed by atoms with van der Waals surface area (Å²) in [5.74, 6) is -0.332. The van der Waals surface area contributed by atoms with Crippen LogP contribution in [0.5, 0.6) is 0 Å². The summed E-state index contributed by atoms with van der Waals surface area (Å²) in [5, 5.41) is 2.03. The number of methoxy groups -OCH3 is 2. The van der Waals surface area contributed by atoms with Crippen LogP contribution >= 0.6 is 0 Å². The van der Waals surface area contributed by atoms with E-state index in [9.17, 15) is 4.79 Å². The largest absolute Gasteiger partial charge is 0.465 e. The number of hydrogen-bond donors (Lipinski definition) is 0. The number of rotatable bonds is 4. The van der Waals surface area contributed by atoms with Gasteiger partial charge < -0.3 is 9.47 Å². The van der Waals surface area contributed by atoms with Crippen LogP contribution in [0.25, 0.3) is 10.8 Å². The van der Waals surface area contributed by atoms with Gasteiger partial charge in [-0.3, -0.25) is 4.98 Å². The molecule has 0 amide bonds. The number of carbonyl (C=O) groups is 1. The van der Waals surface area contributed by atoms with Crippen LogP contribution in [0.3, 0.4) is 0 Å². The van der Waals surface area contributed by atoms with E-state index in [0.717, 1.165) is 21.9 Å². The van der Waals surface area contributed by atoms with Gasteiger partial charge in [0, 0.05) is 25.1 Å². The summed E-state index contributed by atoms with van der Waals surface area (Å²) in [6, 6.07) is 15.5. The molecule has 0 radical (unpaired) electrons. The third-order valence-corrected chi connectivity index (χ3v) is 3.81. The average molecular weight is 307 g/mol. The average Bonchev–Trinajstić information content (AvgIpc) is 2.62. The fourth-order valence-corrected chi connectivity index (χ4v) is 2.67. The van der Waals surface area contributed by atoms with Crippen LogP contribution in [0.15, 0.2) is 60.9 Å². The Bertz CT molecular complexity index is 830. The molecule has 1 aromatic heterocycles. The molecule has 0 saturated heterocycles. The van der Waals surface area contributed by atoms with E-state index >= 15 is 0 Å². The van der Waals surface area contributed by atoms with Crippen molar-refractivity contribution in [3.63, 3.8) is 0 Å². The summed E-state index contributed by atoms with van der Waals surface area (Å²) in [6.45, 7) is 0. The van der Waals surface area contributed by atoms with E-state index in [4.69, 9.17) is 9.47 Å². The van der Waals surface area contributed by atoms with Crippen molar-refractivity contribution in [2.75, 3.05) is 14.2 Å². The van der Waals surface area contributed by atoms with Gasteiger partial charge in [-0.1, -0.05) is 24.3 Å². The van der Waals surface area contributed by atoms with Crippen molar-refractivity contribution in [1.29, 1.82) is 0 Å². The van der Waals surface area contributed by atoms with Gasteiger partial charge >= 0.3 is 5.97 Å². The number of benzene rings is 2. The third-order valence-electron chi connectivity index (χ3n) is 3.81. The molecule has 4 nitrogen and oxygen atoms in total. The Labute approximate surface area is 134 Å². The summed E-state index contributed by atoms with van der Waals surface area (Å²) in [4.78, 5) is 15.8. The molecule has 3 aromatic rings. The molecule has 23 heavy (non-hydrogen) atoms. The van der Waals surface area contributed by atoms with Gasteiger partial charge in [-0.2, -0.15) is 0 Å². The minimum Gasteiger partial charge on any atom is -0.465 e. The molecule has 3 rings (SSSR count). The van der Waals surface area contributed by atoms with Crippen LogP contribution in [0.4, 0.5) is 0 Å². The molecule has 0 saturated carbocycles. The molecular formula is C19H17NO3. The third kappa shape index (κ3) is 3.07. The lowest BCUT2D eigenvalue weighted by Crippen LogP contribution is -2.04. The summed E-state index contributed by atoms with van der Waals surface area (Å²) < 4.78 is 10.4. The number of fused-ring (bicyclic) bond motifs is 1. The number of carbonyl (C=O) groups excluding carboxylic acids is 1. The maximum absolute atomic E-state index is 11.6. The van der Waals surface area contributed by atoms with Crippen molar-refractivity contribution < 1.29 is 14.3 Å². The zero-order valence-corrected chi connectivity index (χ0v) is 13.0. The van der Waals surface area contributed by atoms with E-state index in [-0.39, 0.29) is 12.1 Å². The quantitative estimate of drug-likeness (QED) is 0.689. The normalized spacial score (nSPS) is 12.1. The lowest BCUT2D eigenvalue weighted by atomic mass is 9.98. The maximum Gasteiger partial charge on any atom is 0.337 e. The lowest BCUT2D eigenvalue weighted by molar-refractivity contribution is 0.0601. The van der Waals surface area contributed by atoms with Gasteiger partial charge in [0.1, 0.15) is 6.10 Å². The minimum atomic E-state index is -0.332. The smallest absolute Gasteiger partial charge is 0.337 e. The Morgan fingerprint density at radius 3 is 2.48 bits per heavy atom. The van der Waals surface area contributed by atoms with Crippen LogP contribution in [0, 0.1) is 0 Å². The van der Waals surface area contributed by atoms with Crippen molar-refractivity contribution in [1.82, 2.24) is 4.98 Å². The lowest BCUT2D eigenvalue weighted by Gasteiger charge is -2.16. The van der Waals surface area contributed by atoms with E-state index in [1.54, 1.807) is 25.6 Å². The standard InChI is InChI=1S/C19H17NO3/c1-22-18(17-4-3-9-20-12-17)15-7-5-14-11-16(19(21)23-2)8-6-13(14)10-15/h3-12,18H,1-2H3. The first-order valence-electron chi connectivity index (χ1n) is 7.27. The zero-order chi connectivity index (χ0) is 16.2. The Balaban J connectivity index is 2.01. The van der Waals surface area contributed by atoms with Gasteiger partial charge in [-0.25, -0.2) is 4.79 Å². The van der Waals surface area contributed by atoms with Gasteiger partial charge in [-0.15, -0.1) is 0 Å². The Kier molecular flexibility index (Phi) is 4.35. The molecule has 0 aliphatic heterocycles. The van der Waals surface area contributed by atoms with Crippen LogP contribution < -0.4 is 0 Å². The van der Waals surface area contributed by atoms with Crippen LogP contribution in [0.1, 0.15) is 27.6 Å². The highest BCUT2D eigenvalue weighted by Crippen LogP contribution is 2.28. The second kappa shape index (κ2) is 6.58. The number of nitrogens with zero attached hydrogens (tertiary/aromatic N) is 1. The van der Waals surface area contributed by atoms with E-state index in [0.29, 0.717) is 5.56 Å². The molecule has 0 bridgehead atoms. The van der Waals surface area contributed by atoms with Crippen LogP contribution in [-0.4, -0.2) is 25.2 Å². The van der Waals surface area contributed by atoms with Crippen molar-refractivity contribution in [2.24, 2.45) is 0 Å². The second-order valence-electron chi connectivity index (χ2n) is 5.22. The molecule has 1 atom stereocenters. The fourth-order valence-electron chi connectivity index (χ4n) is 2.67. The molecule has 0 aliphatic rings. The highest BCUT2D eigenvalue weighted by molar-refractivity contribution is 5.95. The van der Waals surface area contributed by atoms with Gasteiger partial charge in [-0.05, 0) is 40.6 Å². The van der Waals surface area contributed by atoms with Crippen molar-refractivity contribution in [3.05, 3.63) is 77.6 Å². The molecule has 0 aliphatic carbocycles. The zero-order valence-electron chi connectivity index (χ0n) is 13.0.